The maximum absolute atomic E-state index is 12.4. The molecular weight excluding hydrogens is 310 g/mol. The summed E-state index contributed by atoms with van der Waals surface area (Å²) in [4.78, 5) is 25.8. The van der Waals surface area contributed by atoms with E-state index in [1.165, 1.54) is 11.3 Å². The zero-order chi connectivity index (χ0) is 16.4. The van der Waals surface area contributed by atoms with Gasteiger partial charge in [-0.2, -0.15) is 0 Å². The first kappa shape index (κ1) is 15.4. The van der Waals surface area contributed by atoms with Gasteiger partial charge in [-0.1, -0.05) is 13.8 Å². The lowest BCUT2D eigenvalue weighted by atomic mass is 10.2. The average molecular weight is 327 g/mol. The molecule has 0 aliphatic carbocycles. The minimum atomic E-state index is -0.149. The molecule has 0 radical (unpaired) electrons. The molecule has 0 aliphatic heterocycles. The molecule has 1 amide bonds. The molecule has 3 aromatic heterocycles. The lowest BCUT2D eigenvalue weighted by Gasteiger charge is -2.05. The number of carbonyl (C=O) groups excluding carboxylic acids is 1. The lowest BCUT2D eigenvalue weighted by Crippen LogP contribution is -2.12. The van der Waals surface area contributed by atoms with Crippen LogP contribution in [-0.4, -0.2) is 25.4 Å². The normalized spacial score (nSPS) is 11.0. The van der Waals surface area contributed by atoms with Crippen LogP contribution in [0.15, 0.2) is 37.1 Å². The summed E-state index contributed by atoms with van der Waals surface area (Å²) in [7, 11) is 0. The van der Waals surface area contributed by atoms with E-state index in [2.05, 4.69) is 34.1 Å². The number of aryl methyl sites for hydroxylation is 1. The number of rotatable bonds is 4. The summed E-state index contributed by atoms with van der Waals surface area (Å²) in [5.41, 5.74) is 1.41. The van der Waals surface area contributed by atoms with Gasteiger partial charge in [0, 0.05) is 18.3 Å². The summed E-state index contributed by atoms with van der Waals surface area (Å²) >= 11 is 1.44. The molecule has 0 unspecified atom stereocenters. The van der Waals surface area contributed by atoms with Gasteiger partial charge in [-0.25, -0.2) is 15.0 Å². The number of aromatic nitrogens is 4. The molecule has 7 heteroatoms. The van der Waals surface area contributed by atoms with Gasteiger partial charge in [-0.15, -0.1) is 11.3 Å². The lowest BCUT2D eigenvalue weighted by molar-refractivity contribution is 0.103. The molecule has 0 fully saturated rings. The van der Waals surface area contributed by atoms with Gasteiger partial charge in [0.15, 0.2) is 0 Å². The predicted octanol–water partition coefficient (Wildman–Crippen LogP) is 3.41. The highest BCUT2D eigenvalue weighted by molar-refractivity contribution is 7.14. The van der Waals surface area contributed by atoms with Crippen molar-refractivity contribution >= 4 is 22.9 Å². The van der Waals surface area contributed by atoms with Crippen LogP contribution in [0.1, 0.15) is 40.1 Å². The molecule has 3 heterocycles. The van der Waals surface area contributed by atoms with E-state index in [1.54, 1.807) is 23.3 Å². The van der Waals surface area contributed by atoms with Crippen LogP contribution in [0.4, 0.5) is 5.69 Å². The summed E-state index contributed by atoms with van der Waals surface area (Å²) in [6.45, 7) is 6.00. The van der Waals surface area contributed by atoms with E-state index in [-0.39, 0.29) is 5.91 Å². The molecule has 118 valence electrons. The van der Waals surface area contributed by atoms with Crippen LogP contribution >= 0.6 is 11.3 Å². The second-order valence-corrected chi connectivity index (χ2v) is 6.48. The van der Waals surface area contributed by atoms with Crippen LogP contribution in [0.2, 0.25) is 0 Å². The molecule has 0 atom stereocenters. The summed E-state index contributed by atoms with van der Waals surface area (Å²) < 4.78 is 1.80. The fourth-order valence-corrected chi connectivity index (χ4v) is 3.03. The first-order chi connectivity index (χ1) is 11.0. The monoisotopic (exact) mass is 327 g/mol. The highest BCUT2D eigenvalue weighted by Crippen LogP contribution is 2.25. The highest BCUT2D eigenvalue weighted by Gasteiger charge is 2.17. The summed E-state index contributed by atoms with van der Waals surface area (Å²) in [6.07, 6.45) is 6.81. The predicted molar refractivity (Wildman–Crippen MR) is 90.3 cm³/mol. The molecule has 0 spiro atoms. The van der Waals surface area contributed by atoms with E-state index < -0.39 is 0 Å². The van der Waals surface area contributed by atoms with E-state index in [9.17, 15) is 4.79 Å². The highest BCUT2D eigenvalue weighted by atomic mass is 32.1. The van der Waals surface area contributed by atoms with Gasteiger partial charge in [0.1, 0.15) is 17.0 Å². The molecule has 6 nitrogen and oxygen atoms in total. The van der Waals surface area contributed by atoms with Crippen molar-refractivity contribution in [3.8, 4) is 5.82 Å². The molecule has 0 saturated carbocycles. The number of amides is 1. The number of hydrogen-bond acceptors (Lipinski definition) is 5. The summed E-state index contributed by atoms with van der Waals surface area (Å²) in [5, 5.41) is 3.84. The summed E-state index contributed by atoms with van der Waals surface area (Å²) in [5.74, 6) is 0.914. The van der Waals surface area contributed by atoms with Crippen LogP contribution in [0.3, 0.4) is 0 Å². The molecule has 3 rings (SSSR count). The number of anilines is 1. The van der Waals surface area contributed by atoms with Crippen LogP contribution in [0.5, 0.6) is 0 Å². The molecule has 3 aromatic rings. The SMILES string of the molecule is Cc1nc(C(C)C)sc1C(=O)Nc1ccc(-n2ccnc2)nc1. The van der Waals surface area contributed by atoms with E-state index in [1.807, 2.05) is 25.3 Å². The fraction of sp³-hybridized carbons (Fsp3) is 0.250. The minimum absolute atomic E-state index is 0.149. The van der Waals surface area contributed by atoms with E-state index in [0.29, 0.717) is 16.5 Å². The molecule has 0 bridgehead atoms. The number of nitrogens with one attached hydrogen (secondary N) is 1. The van der Waals surface area contributed by atoms with Crippen molar-refractivity contribution in [2.75, 3.05) is 5.32 Å². The zero-order valence-electron chi connectivity index (χ0n) is 13.1. The van der Waals surface area contributed by atoms with Gasteiger partial charge in [-0.05, 0) is 19.1 Å². The third-order valence-corrected chi connectivity index (χ3v) is 4.74. The molecule has 0 aromatic carbocycles. The Labute approximate surface area is 138 Å². The van der Waals surface area contributed by atoms with E-state index in [4.69, 9.17) is 0 Å². The van der Waals surface area contributed by atoms with Gasteiger partial charge in [0.2, 0.25) is 0 Å². The zero-order valence-corrected chi connectivity index (χ0v) is 14.0. The van der Waals surface area contributed by atoms with Crippen molar-refractivity contribution in [2.24, 2.45) is 0 Å². The maximum Gasteiger partial charge on any atom is 0.267 e. The van der Waals surface area contributed by atoms with Crippen molar-refractivity contribution in [1.29, 1.82) is 0 Å². The van der Waals surface area contributed by atoms with Gasteiger partial charge in [-0.3, -0.25) is 9.36 Å². The standard InChI is InChI=1S/C16H17N5OS/c1-10(2)16-19-11(3)14(23-16)15(22)20-12-4-5-13(18-8-12)21-7-6-17-9-21/h4-10H,1-3H3,(H,20,22). The van der Waals surface area contributed by atoms with Crippen molar-refractivity contribution in [3.63, 3.8) is 0 Å². The smallest absolute Gasteiger partial charge is 0.267 e. The topological polar surface area (TPSA) is 72.7 Å². The third kappa shape index (κ3) is 3.29. The second kappa shape index (κ2) is 6.29. The molecule has 0 saturated heterocycles. The molecule has 0 aliphatic rings. The Bertz CT molecular complexity index is 806. The Hall–Kier alpha value is -2.54. The van der Waals surface area contributed by atoms with Gasteiger partial charge in [0.05, 0.1) is 22.6 Å². The Balaban J connectivity index is 1.75. The van der Waals surface area contributed by atoms with Crippen molar-refractivity contribution in [2.45, 2.75) is 26.7 Å². The number of thiazole rings is 1. The maximum atomic E-state index is 12.4. The van der Waals surface area contributed by atoms with Gasteiger partial charge in [0.25, 0.3) is 5.91 Å². The second-order valence-electron chi connectivity index (χ2n) is 5.45. The Morgan fingerprint density at radius 3 is 2.74 bits per heavy atom. The minimum Gasteiger partial charge on any atom is -0.320 e. The quantitative estimate of drug-likeness (QED) is 0.797. The fourth-order valence-electron chi connectivity index (χ4n) is 2.07. The van der Waals surface area contributed by atoms with Crippen LogP contribution in [0.25, 0.3) is 5.82 Å². The number of nitrogens with zero attached hydrogens (tertiary/aromatic N) is 4. The van der Waals surface area contributed by atoms with E-state index in [0.717, 1.165) is 16.5 Å². The first-order valence-electron chi connectivity index (χ1n) is 7.27. The molecule has 1 N–H and O–H groups in total. The Kier molecular flexibility index (Phi) is 4.20. The van der Waals surface area contributed by atoms with Gasteiger partial charge < -0.3 is 5.32 Å². The van der Waals surface area contributed by atoms with Crippen LogP contribution in [0, 0.1) is 6.92 Å². The Morgan fingerprint density at radius 2 is 2.17 bits per heavy atom. The molecular formula is C16H17N5OS. The number of carbonyl (C=O) groups is 1. The van der Waals surface area contributed by atoms with Crippen molar-refractivity contribution < 1.29 is 4.79 Å². The summed E-state index contributed by atoms with van der Waals surface area (Å²) in [6, 6.07) is 3.65. The number of pyridine rings is 1. The average Bonchev–Trinajstić information content (AvgIpc) is 3.17. The largest absolute Gasteiger partial charge is 0.320 e. The third-order valence-electron chi connectivity index (χ3n) is 3.29. The van der Waals surface area contributed by atoms with Gasteiger partial charge >= 0.3 is 0 Å². The van der Waals surface area contributed by atoms with Crippen molar-refractivity contribution in [1.82, 2.24) is 19.5 Å². The first-order valence-corrected chi connectivity index (χ1v) is 8.09. The number of imidazole rings is 1. The van der Waals surface area contributed by atoms with Crippen LogP contribution < -0.4 is 5.32 Å². The Morgan fingerprint density at radius 1 is 1.35 bits per heavy atom. The molecule has 23 heavy (non-hydrogen) atoms. The number of hydrogen-bond donors (Lipinski definition) is 1. The van der Waals surface area contributed by atoms with Crippen molar-refractivity contribution in [3.05, 3.63) is 52.6 Å². The van der Waals surface area contributed by atoms with E-state index >= 15 is 0 Å². The van der Waals surface area contributed by atoms with Crippen LogP contribution in [-0.2, 0) is 0 Å².